The summed E-state index contributed by atoms with van der Waals surface area (Å²) >= 11 is 0. The number of nitrogens with zero attached hydrogens (tertiary/aromatic N) is 2. The third-order valence-electron chi connectivity index (χ3n) is 4.92. The lowest BCUT2D eigenvalue weighted by Gasteiger charge is -2.16. The van der Waals surface area contributed by atoms with Gasteiger partial charge in [-0.3, -0.25) is 14.4 Å². The molecule has 1 aliphatic rings. The third kappa shape index (κ3) is 3.80. The molecule has 1 atom stereocenters. The molecule has 1 aromatic heterocycles. The fourth-order valence-electron chi connectivity index (χ4n) is 3.41. The summed E-state index contributed by atoms with van der Waals surface area (Å²) in [4.78, 5) is 37.7. The Kier molecular flexibility index (Phi) is 4.95. The normalized spacial score (nSPS) is 15.8. The van der Waals surface area contributed by atoms with Crippen LogP contribution in [-0.4, -0.2) is 27.6 Å². The predicted molar refractivity (Wildman–Crippen MR) is 109 cm³/mol. The van der Waals surface area contributed by atoms with E-state index in [2.05, 4.69) is 15.7 Å². The van der Waals surface area contributed by atoms with Crippen LogP contribution >= 0.6 is 0 Å². The minimum absolute atomic E-state index is 0.242. The van der Waals surface area contributed by atoms with E-state index in [4.69, 9.17) is 0 Å². The van der Waals surface area contributed by atoms with Crippen LogP contribution in [-0.2, 0) is 11.2 Å². The molecule has 29 heavy (non-hydrogen) atoms. The molecule has 0 spiro atoms. The number of benzene rings is 2. The highest BCUT2D eigenvalue weighted by molar-refractivity contribution is 6.01. The van der Waals surface area contributed by atoms with Gasteiger partial charge in [-0.05, 0) is 43.5 Å². The van der Waals surface area contributed by atoms with Gasteiger partial charge in [-0.2, -0.15) is 5.10 Å². The van der Waals surface area contributed by atoms with Crippen molar-refractivity contribution in [3.63, 3.8) is 0 Å². The van der Waals surface area contributed by atoms with Gasteiger partial charge in [0.05, 0.1) is 5.69 Å². The highest BCUT2D eigenvalue weighted by Gasteiger charge is 2.27. The maximum absolute atomic E-state index is 12.8. The summed E-state index contributed by atoms with van der Waals surface area (Å²) in [6.45, 7) is 1.75. The Hall–Kier alpha value is -3.74. The van der Waals surface area contributed by atoms with E-state index in [1.165, 1.54) is 6.07 Å². The minimum Gasteiger partial charge on any atom is -0.339 e. The molecule has 146 valence electrons. The van der Waals surface area contributed by atoms with Crippen LogP contribution in [0, 0.1) is 6.92 Å². The molecule has 2 aromatic carbocycles. The summed E-state index contributed by atoms with van der Waals surface area (Å²) in [5.41, 5.74) is 2.38. The third-order valence-corrected chi connectivity index (χ3v) is 4.92. The van der Waals surface area contributed by atoms with Crippen molar-refractivity contribution in [1.82, 2.24) is 15.1 Å². The number of carbonyl (C=O) groups is 2. The Morgan fingerprint density at radius 1 is 1.10 bits per heavy atom. The first kappa shape index (κ1) is 18.6. The molecule has 2 N–H and O–H groups in total. The average molecular weight is 388 g/mol. The lowest BCUT2D eigenvalue weighted by molar-refractivity contribution is -0.118. The smallest absolute Gasteiger partial charge is 0.276 e. The fraction of sp³-hybridized carbons (Fsp3) is 0.182. The van der Waals surface area contributed by atoms with Gasteiger partial charge in [-0.1, -0.05) is 36.4 Å². The summed E-state index contributed by atoms with van der Waals surface area (Å²) < 4.78 is 1.54. The van der Waals surface area contributed by atoms with Crippen LogP contribution in [0.25, 0.3) is 5.69 Å². The Morgan fingerprint density at radius 2 is 1.83 bits per heavy atom. The molecule has 4 rings (SSSR count). The number of anilines is 1. The van der Waals surface area contributed by atoms with Crippen LogP contribution in [0.3, 0.4) is 0 Å². The second-order valence-corrected chi connectivity index (χ2v) is 6.96. The first-order valence-electron chi connectivity index (χ1n) is 9.39. The van der Waals surface area contributed by atoms with Crippen LogP contribution in [0.2, 0.25) is 0 Å². The maximum atomic E-state index is 12.8. The molecule has 3 aromatic rings. The molecule has 0 aliphatic carbocycles. The highest BCUT2D eigenvalue weighted by Crippen LogP contribution is 2.21. The number of amides is 2. The second-order valence-electron chi connectivity index (χ2n) is 6.96. The van der Waals surface area contributed by atoms with Crippen molar-refractivity contribution >= 4 is 17.5 Å². The average Bonchev–Trinajstić information content (AvgIpc) is 2.87. The van der Waals surface area contributed by atoms with Crippen molar-refractivity contribution < 1.29 is 9.59 Å². The zero-order valence-electron chi connectivity index (χ0n) is 15.9. The number of rotatable bonds is 3. The monoisotopic (exact) mass is 388 g/mol. The summed E-state index contributed by atoms with van der Waals surface area (Å²) in [6.07, 6.45) is 1.07. The zero-order valence-corrected chi connectivity index (χ0v) is 15.9. The van der Waals surface area contributed by atoms with Crippen molar-refractivity contribution in [3.8, 4) is 5.69 Å². The van der Waals surface area contributed by atoms with Crippen molar-refractivity contribution in [1.29, 1.82) is 0 Å². The lowest BCUT2D eigenvalue weighted by atomic mass is 10.1. The van der Waals surface area contributed by atoms with E-state index in [0.29, 0.717) is 18.5 Å². The standard InChI is InChI=1S/C22H20N4O3/c1-14-13-19(27)20(25-26(14)16-8-3-2-4-9-16)22(29)24-18-12-11-15-7-5-6-10-17(15)23-21(18)28/h2-10,13,18H,11-12H2,1H3,(H,23,28)(H,24,29). The van der Waals surface area contributed by atoms with Gasteiger partial charge >= 0.3 is 0 Å². The van der Waals surface area contributed by atoms with Gasteiger partial charge in [0.2, 0.25) is 11.3 Å². The second kappa shape index (κ2) is 7.71. The Morgan fingerprint density at radius 3 is 2.62 bits per heavy atom. The quantitative estimate of drug-likeness (QED) is 0.720. The zero-order chi connectivity index (χ0) is 20.4. The molecule has 0 saturated carbocycles. The summed E-state index contributed by atoms with van der Waals surface area (Å²) in [5, 5.41) is 9.76. The SMILES string of the molecule is Cc1cc(=O)c(C(=O)NC2CCc3ccccc3NC2=O)nn1-c1ccccc1. The first-order chi connectivity index (χ1) is 14.0. The molecule has 0 fully saturated rings. The van der Waals surface area contributed by atoms with Gasteiger partial charge in [0.1, 0.15) is 6.04 Å². The van der Waals surface area contributed by atoms with Crippen molar-refractivity contribution in [2.45, 2.75) is 25.8 Å². The van der Waals surface area contributed by atoms with E-state index in [1.54, 1.807) is 11.6 Å². The van der Waals surface area contributed by atoms with Gasteiger partial charge in [0, 0.05) is 17.4 Å². The van der Waals surface area contributed by atoms with E-state index >= 15 is 0 Å². The van der Waals surface area contributed by atoms with Crippen molar-refractivity contribution in [2.24, 2.45) is 0 Å². The molecular formula is C22H20N4O3. The molecule has 0 saturated heterocycles. The predicted octanol–water partition coefficient (Wildman–Crippen LogP) is 2.22. The largest absolute Gasteiger partial charge is 0.339 e. The van der Waals surface area contributed by atoms with Crippen LogP contribution < -0.4 is 16.1 Å². The van der Waals surface area contributed by atoms with Crippen molar-refractivity contribution in [2.75, 3.05) is 5.32 Å². The van der Waals surface area contributed by atoms with E-state index in [9.17, 15) is 14.4 Å². The Bertz CT molecular complexity index is 1140. The molecule has 2 heterocycles. The molecule has 1 unspecified atom stereocenters. The summed E-state index contributed by atoms with van der Waals surface area (Å²) in [6, 6.07) is 17.4. The van der Waals surface area contributed by atoms with Crippen LogP contribution in [0.4, 0.5) is 5.69 Å². The maximum Gasteiger partial charge on any atom is 0.276 e. The van der Waals surface area contributed by atoms with E-state index in [-0.39, 0.29) is 11.6 Å². The Balaban J connectivity index is 1.59. The molecular weight excluding hydrogens is 368 g/mol. The molecule has 7 nitrogen and oxygen atoms in total. The van der Waals surface area contributed by atoms with Gasteiger partial charge in [-0.15, -0.1) is 0 Å². The van der Waals surface area contributed by atoms with E-state index in [1.807, 2.05) is 54.6 Å². The van der Waals surface area contributed by atoms with E-state index < -0.39 is 17.4 Å². The molecule has 2 amide bonds. The molecule has 0 radical (unpaired) electrons. The fourth-order valence-corrected chi connectivity index (χ4v) is 3.41. The number of carbonyl (C=O) groups excluding carboxylic acids is 2. The highest BCUT2D eigenvalue weighted by atomic mass is 16.2. The van der Waals surface area contributed by atoms with E-state index in [0.717, 1.165) is 16.9 Å². The number of hydrogen-bond acceptors (Lipinski definition) is 4. The topological polar surface area (TPSA) is 93.1 Å². The molecule has 0 bridgehead atoms. The number of nitrogens with one attached hydrogen (secondary N) is 2. The minimum atomic E-state index is -0.748. The first-order valence-corrected chi connectivity index (χ1v) is 9.39. The number of para-hydroxylation sites is 2. The number of aromatic nitrogens is 2. The van der Waals surface area contributed by atoms with Crippen LogP contribution in [0.1, 0.15) is 28.2 Å². The van der Waals surface area contributed by atoms with Gasteiger partial charge in [0.15, 0.2) is 5.69 Å². The summed E-state index contributed by atoms with van der Waals surface area (Å²) in [7, 11) is 0. The van der Waals surface area contributed by atoms with Crippen LogP contribution in [0.15, 0.2) is 65.5 Å². The van der Waals surface area contributed by atoms with Gasteiger partial charge < -0.3 is 10.6 Å². The van der Waals surface area contributed by atoms with Crippen molar-refractivity contribution in [3.05, 3.63) is 87.8 Å². The number of hydrogen-bond donors (Lipinski definition) is 2. The number of fused-ring (bicyclic) bond motifs is 1. The lowest BCUT2D eigenvalue weighted by Crippen LogP contribution is -2.45. The summed E-state index contributed by atoms with van der Waals surface area (Å²) in [5.74, 6) is -0.968. The van der Waals surface area contributed by atoms with Gasteiger partial charge in [-0.25, -0.2) is 4.68 Å². The Labute approximate surface area is 167 Å². The molecule has 7 heteroatoms. The van der Waals surface area contributed by atoms with Gasteiger partial charge in [0.25, 0.3) is 5.91 Å². The molecule has 1 aliphatic heterocycles. The van der Waals surface area contributed by atoms with Crippen LogP contribution in [0.5, 0.6) is 0 Å². The number of aryl methyl sites for hydroxylation is 2.